The molecule has 0 radical (unpaired) electrons. The molecule has 1 fully saturated rings. The van der Waals surface area contributed by atoms with Gasteiger partial charge in [0.15, 0.2) is 21.4 Å². The van der Waals surface area contributed by atoms with Crippen molar-refractivity contribution in [2.45, 2.75) is 29.8 Å². The third-order valence-electron chi connectivity index (χ3n) is 6.16. The van der Waals surface area contributed by atoms with Gasteiger partial charge in [-0.3, -0.25) is 4.79 Å². The number of hydrogen-bond acceptors (Lipinski definition) is 9. The third-order valence-corrected chi connectivity index (χ3v) is 7.27. The van der Waals surface area contributed by atoms with E-state index in [1.165, 1.54) is 43.6 Å². The van der Waals surface area contributed by atoms with Gasteiger partial charge in [-0.25, -0.2) is 22.8 Å². The van der Waals surface area contributed by atoms with Gasteiger partial charge in [0.1, 0.15) is 17.3 Å². The van der Waals surface area contributed by atoms with Crippen LogP contribution in [0.1, 0.15) is 22.5 Å². The first kappa shape index (κ1) is 25.7. The van der Waals surface area contributed by atoms with Crippen molar-refractivity contribution in [2.75, 3.05) is 31.4 Å². The minimum atomic E-state index is -3.51. The highest BCUT2D eigenvalue weighted by molar-refractivity contribution is 7.90. The molecule has 0 unspecified atom stereocenters. The van der Waals surface area contributed by atoms with Crippen molar-refractivity contribution < 1.29 is 27.4 Å². The standard InChI is InChI=1S/C25H27FN4O5S/c1-35-23-5-3-4-19(26)24(23)25-28-9-8-20(29-25)22(32)10-15-6-7-18(36(2,33)34)12-21(15)30-13-16(27)11-17(30)14-31/h3-9,12,16-17,31H,10-11,13-14,27H2,1-2H3/t16-,17-/m0/s1. The molecule has 2 atom stereocenters. The molecule has 0 bridgehead atoms. The van der Waals surface area contributed by atoms with Gasteiger partial charge in [0, 0.05) is 37.1 Å². The van der Waals surface area contributed by atoms with Crippen LogP contribution in [0.3, 0.4) is 0 Å². The molecule has 2 heterocycles. The summed E-state index contributed by atoms with van der Waals surface area (Å²) >= 11 is 0. The SMILES string of the molecule is COc1cccc(F)c1-c1nccc(C(=O)Cc2ccc(S(C)(=O)=O)cc2N2C[C@@H](N)C[C@H]2CO)n1. The summed E-state index contributed by atoms with van der Waals surface area (Å²) in [6.07, 6.45) is 2.91. The van der Waals surface area contributed by atoms with Gasteiger partial charge in [0.2, 0.25) is 0 Å². The van der Waals surface area contributed by atoms with Crippen molar-refractivity contribution in [2.24, 2.45) is 5.73 Å². The van der Waals surface area contributed by atoms with Gasteiger partial charge in [0.05, 0.1) is 30.2 Å². The first-order valence-electron chi connectivity index (χ1n) is 11.3. The smallest absolute Gasteiger partial charge is 0.185 e. The molecule has 0 saturated carbocycles. The number of Topliss-reactive ketones (excluding diaryl/α,β-unsaturated/α-hetero) is 1. The molecule has 3 N–H and O–H groups in total. The minimum Gasteiger partial charge on any atom is -0.496 e. The summed E-state index contributed by atoms with van der Waals surface area (Å²) < 4.78 is 44.2. The van der Waals surface area contributed by atoms with Crippen LogP contribution in [0.4, 0.5) is 10.1 Å². The average Bonchev–Trinajstić information content (AvgIpc) is 3.23. The maximum absolute atomic E-state index is 14.5. The lowest BCUT2D eigenvalue weighted by molar-refractivity contribution is 0.0988. The zero-order valence-electron chi connectivity index (χ0n) is 19.9. The third kappa shape index (κ3) is 5.23. The Labute approximate surface area is 208 Å². The lowest BCUT2D eigenvalue weighted by atomic mass is 10.0. The Hall–Kier alpha value is -3.41. The molecular formula is C25H27FN4O5S. The van der Waals surface area contributed by atoms with Gasteiger partial charge < -0.3 is 20.5 Å². The van der Waals surface area contributed by atoms with Crippen LogP contribution < -0.4 is 15.4 Å². The zero-order valence-corrected chi connectivity index (χ0v) is 20.7. The Morgan fingerprint density at radius 2 is 2.06 bits per heavy atom. The number of hydrogen-bond donors (Lipinski definition) is 2. The van der Waals surface area contributed by atoms with Crippen LogP contribution in [0.2, 0.25) is 0 Å². The van der Waals surface area contributed by atoms with Crippen LogP contribution in [0.5, 0.6) is 5.75 Å². The number of aromatic nitrogens is 2. The monoisotopic (exact) mass is 514 g/mol. The molecule has 190 valence electrons. The Kier molecular flexibility index (Phi) is 7.34. The largest absolute Gasteiger partial charge is 0.496 e. The lowest BCUT2D eigenvalue weighted by Crippen LogP contribution is -2.34. The van der Waals surface area contributed by atoms with E-state index in [2.05, 4.69) is 9.97 Å². The predicted octanol–water partition coefficient (Wildman–Crippen LogP) is 2.02. The molecule has 36 heavy (non-hydrogen) atoms. The molecule has 1 aromatic heterocycles. The van der Waals surface area contributed by atoms with E-state index in [0.717, 1.165) is 6.26 Å². The number of aliphatic hydroxyl groups is 1. The topological polar surface area (TPSA) is 136 Å². The lowest BCUT2D eigenvalue weighted by Gasteiger charge is -2.28. The van der Waals surface area contributed by atoms with E-state index >= 15 is 0 Å². The molecule has 0 amide bonds. The first-order valence-corrected chi connectivity index (χ1v) is 13.2. The number of nitrogens with two attached hydrogens (primary N) is 1. The molecule has 3 aromatic rings. The van der Waals surface area contributed by atoms with E-state index in [0.29, 0.717) is 24.2 Å². The number of sulfone groups is 1. The van der Waals surface area contributed by atoms with E-state index in [1.54, 1.807) is 12.1 Å². The van der Waals surface area contributed by atoms with Crippen molar-refractivity contribution >= 4 is 21.3 Å². The van der Waals surface area contributed by atoms with Gasteiger partial charge in [0.25, 0.3) is 0 Å². The molecule has 11 heteroatoms. The highest BCUT2D eigenvalue weighted by Crippen LogP contribution is 2.33. The molecule has 2 aromatic carbocycles. The van der Waals surface area contributed by atoms with Crippen LogP contribution >= 0.6 is 0 Å². The quantitative estimate of drug-likeness (QED) is 0.433. The highest BCUT2D eigenvalue weighted by Gasteiger charge is 2.32. The van der Waals surface area contributed by atoms with Gasteiger partial charge in [-0.1, -0.05) is 12.1 Å². The fourth-order valence-electron chi connectivity index (χ4n) is 4.40. The van der Waals surface area contributed by atoms with E-state index < -0.39 is 15.7 Å². The normalized spacial score (nSPS) is 17.9. The molecule has 1 aliphatic rings. The Balaban J connectivity index is 1.71. The number of halogens is 1. The molecule has 1 aliphatic heterocycles. The summed E-state index contributed by atoms with van der Waals surface area (Å²) in [5, 5.41) is 9.86. The summed E-state index contributed by atoms with van der Waals surface area (Å²) in [6.45, 7) is 0.244. The Bertz CT molecular complexity index is 1400. The zero-order chi connectivity index (χ0) is 26.0. The Morgan fingerprint density at radius 3 is 2.75 bits per heavy atom. The fourth-order valence-corrected chi connectivity index (χ4v) is 5.04. The number of carbonyl (C=O) groups excluding carboxylic acids is 1. The second kappa shape index (κ2) is 10.3. The van der Waals surface area contributed by atoms with Gasteiger partial charge in [-0.05, 0) is 42.3 Å². The highest BCUT2D eigenvalue weighted by atomic mass is 32.2. The first-order chi connectivity index (χ1) is 17.1. The summed E-state index contributed by atoms with van der Waals surface area (Å²) in [5.74, 6) is -0.711. The number of ketones is 1. The van der Waals surface area contributed by atoms with E-state index in [9.17, 15) is 22.7 Å². The van der Waals surface area contributed by atoms with Crippen molar-refractivity contribution in [1.82, 2.24) is 9.97 Å². The number of nitrogens with zero attached hydrogens (tertiary/aromatic N) is 3. The number of methoxy groups -OCH3 is 1. The van der Waals surface area contributed by atoms with Crippen LogP contribution in [-0.4, -0.2) is 67.9 Å². The molecule has 0 spiro atoms. The van der Waals surface area contributed by atoms with Gasteiger partial charge in [-0.2, -0.15) is 0 Å². The molecule has 1 saturated heterocycles. The maximum Gasteiger partial charge on any atom is 0.185 e. The number of aliphatic hydroxyl groups excluding tert-OH is 1. The minimum absolute atomic E-state index is 0.00862. The fraction of sp³-hybridized carbons (Fsp3) is 0.320. The number of rotatable bonds is 8. The maximum atomic E-state index is 14.5. The van der Waals surface area contributed by atoms with Crippen LogP contribution in [0.25, 0.3) is 11.4 Å². The van der Waals surface area contributed by atoms with E-state index in [4.69, 9.17) is 10.5 Å². The van der Waals surface area contributed by atoms with Gasteiger partial charge in [-0.15, -0.1) is 0 Å². The van der Waals surface area contributed by atoms with Crippen molar-refractivity contribution in [3.05, 3.63) is 65.7 Å². The average molecular weight is 515 g/mol. The summed E-state index contributed by atoms with van der Waals surface area (Å²) in [5.41, 5.74) is 7.30. The van der Waals surface area contributed by atoms with Crippen molar-refractivity contribution in [3.8, 4) is 17.1 Å². The number of anilines is 1. The Morgan fingerprint density at radius 1 is 1.28 bits per heavy atom. The number of carbonyl (C=O) groups is 1. The van der Waals surface area contributed by atoms with Crippen molar-refractivity contribution in [3.63, 3.8) is 0 Å². The summed E-state index contributed by atoms with van der Waals surface area (Å²) in [4.78, 5) is 23.6. The predicted molar refractivity (Wildman–Crippen MR) is 132 cm³/mol. The summed E-state index contributed by atoms with van der Waals surface area (Å²) in [7, 11) is -2.11. The molecule has 0 aliphatic carbocycles. The molecule has 9 nitrogen and oxygen atoms in total. The molecular weight excluding hydrogens is 487 g/mol. The van der Waals surface area contributed by atoms with Crippen LogP contribution in [0.15, 0.2) is 53.6 Å². The summed E-state index contributed by atoms with van der Waals surface area (Å²) in [6, 6.07) is 9.80. The number of benzene rings is 2. The van der Waals surface area contributed by atoms with Gasteiger partial charge >= 0.3 is 0 Å². The van der Waals surface area contributed by atoms with E-state index in [1.807, 2.05) is 4.90 Å². The van der Waals surface area contributed by atoms with Crippen LogP contribution in [0, 0.1) is 5.82 Å². The van der Waals surface area contributed by atoms with Crippen LogP contribution in [-0.2, 0) is 16.3 Å². The second-order valence-corrected chi connectivity index (χ2v) is 10.7. The number of ether oxygens (including phenoxy) is 1. The molecule has 4 rings (SSSR count). The second-order valence-electron chi connectivity index (χ2n) is 8.73. The van der Waals surface area contributed by atoms with E-state index in [-0.39, 0.29) is 58.6 Å². The van der Waals surface area contributed by atoms with Crippen molar-refractivity contribution in [1.29, 1.82) is 0 Å².